The molecule has 0 heterocycles. The van der Waals surface area contributed by atoms with Crippen molar-refractivity contribution in [1.82, 2.24) is 0 Å². The standard InChI is InChI=1S/C27H22N2O4S/c1-32-24-13-15-26(16-14-24)33-25-11-9-23(10-12-25)29(20-22-5-3-2-4-6-22)34(30,31)27-17-7-21(19-28)8-18-27/h2-18H,20H2,1H3. The van der Waals surface area contributed by atoms with E-state index in [0.717, 1.165) is 11.3 Å². The van der Waals surface area contributed by atoms with Crippen molar-refractivity contribution in [1.29, 1.82) is 5.26 Å². The quantitative estimate of drug-likeness (QED) is 0.327. The minimum Gasteiger partial charge on any atom is -0.497 e. The molecule has 7 heteroatoms. The molecule has 0 aliphatic rings. The first-order valence-electron chi connectivity index (χ1n) is 10.5. The summed E-state index contributed by atoms with van der Waals surface area (Å²) in [7, 11) is -2.29. The van der Waals surface area contributed by atoms with Gasteiger partial charge in [-0.2, -0.15) is 5.26 Å². The van der Waals surface area contributed by atoms with Crippen LogP contribution in [0.3, 0.4) is 0 Å². The molecule has 0 saturated heterocycles. The summed E-state index contributed by atoms with van der Waals surface area (Å²) < 4.78 is 39.5. The van der Waals surface area contributed by atoms with E-state index in [0.29, 0.717) is 22.7 Å². The van der Waals surface area contributed by atoms with Crippen LogP contribution in [0.1, 0.15) is 11.1 Å². The second kappa shape index (κ2) is 10.1. The summed E-state index contributed by atoms with van der Waals surface area (Å²) in [5, 5.41) is 9.04. The molecule has 6 nitrogen and oxygen atoms in total. The zero-order valence-electron chi connectivity index (χ0n) is 18.5. The van der Waals surface area contributed by atoms with Gasteiger partial charge < -0.3 is 9.47 Å². The van der Waals surface area contributed by atoms with E-state index in [4.69, 9.17) is 14.7 Å². The minimum absolute atomic E-state index is 0.112. The topological polar surface area (TPSA) is 79.6 Å². The van der Waals surface area contributed by atoms with Gasteiger partial charge in [-0.1, -0.05) is 30.3 Å². The zero-order valence-corrected chi connectivity index (χ0v) is 19.3. The number of ether oxygens (including phenoxy) is 2. The van der Waals surface area contributed by atoms with Gasteiger partial charge in [-0.15, -0.1) is 0 Å². The lowest BCUT2D eigenvalue weighted by Gasteiger charge is -2.25. The smallest absolute Gasteiger partial charge is 0.264 e. The summed E-state index contributed by atoms with van der Waals surface area (Å²) in [6.45, 7) is 0.155. The first-order valence-corrected chi connectivity index (χ1v) is 11.9. The number of hydrogen-bond acceptors (Lipinski definition) is 5. The molecule has 0 N–H and O–H groups in total. The largest absolute Gasteiger partial charge is 0.497 e. The molecule has 0 aliphatic carbocycles. The monoisotopic (exact) mass is 470 g/mol. The number of benzene rings is 4. The first-order chi connectivity index (χ1) is 16.5. The minimum atomic E-state index is -3.89. The van der Waals surface area contributed by atoms with Crippen LogP contribution in [0.15, 0.2) is 108 Å². The normalized spacial score (nSPS) is 10.8. The van der Waals surface area contributed by atoms with Crippen molar-refractivity contribution in [2.45, 2.75) is 11.4 Å². The fraction of sp³-hybridized carbons (Fsp3) is 0.0741. The number of methoxy groups -OCH3 is 1. The Labute approximate surface area is 199 Å². The number of hydrogen-bond donors (Lipinski definition) is 0. The molecular weight excluding hydrogens is 448 g/mol. The Morgan fingerprint density at radius 3 is 1.88 bits per heavy atom. The molecule has 0 saturated carbocycles. The van der Waals surface area contributed by atoms with E-state index in [9.17, 15) is 8.42 Å². The van der Waals surface area contributed by atoms with Crippen LogP contribution in [0.2, 0.25) is 0 Å². The highest BCUT2D eigenvalue weighted by Gasteiger charge is 2.25. The molecule has 0 bridgehead atoms. The van der Waals surface area contributed by atoms with Gasteiger partial charge in [-0.3, -0.25) is 4.31 Å². The van der Waals surface area contributed by atoms with Gasteiger partial charge >= 0.3 is 0 Å². The number of nitriles is 1. The maximum absolute atomic E-state index is 13.6. The van der Waals surface area contributed by atoms with Crippen LogP contribution in [0, 0.1) is 11.3 Å². The Bertz CT molecular complexity index is 1380. The zero-order chi connectivity index (χ0) is 24.0. The molecule has 0 aromatic heterocycles. The predicted octanol–water partition coefficient (Wildman–Crippen LogP) is 5.75. The molecule has 4 aromatic carbocycles. The average Bonchev–Trinajstić information content (AvgIpc) is 2.89. The van der Waals surface area contributed by atoms with E-state index >= 15 is 0 Å². The van der Waals surface area contributed by atoms with Gasteiger partial charge in [-0.25, -0.2) is 8.42 Å². The second-order valence-electron chi connectivity index (χ2n) is 7.40. The third-order valence-corrected chi connectivity index (χ3v) is 6.95. The molecule has 0 fully saturated rings. The van der Waals surface area contributed by atoms with Gasteiger partial charge in [-0.05, 0) is 78.4 Å². The molecule has 4 rings (SSSR count). The molecule has 34 heavy (non-hydrogen) atoms. The van der Waals surface area contributed by atoms with Crippen LogP contribution < -0.4 is 13.8 Å². The van der Waals surface area contributed by atoms with Crippen LogP contribution in [0.25, 0.3) is 0 Å². The number of anilines is 1. The molecule has 4 aromatic rings. The third-order valence-electron chi connectivity index (χ3n) is 5.16. The number of sulfonamides is 1. The van der Waals surface area contributed by atoms with Gasteiger partial charge in [0.05, 0.1) is 35.9 Å². The molecular formula is C27H22N2O4S. The van der Waals surface area contributed by atoms with Crippen molar-refractivity contribution in [3.05, 3.63) is 114 Å². The van der Waals surface area contributed by atoms with Gasteiger partial charge in [0.15, 0.2) is 0 Å². The second-order valence-corrected chi connectivity index (χ2v) is 9.27. The van der Waals surface area contributed by atoms with E-state index < -0.39 is 10.0 Å². The Balaban J connectivity index is 1.64. The highest BCUT2D eigenvalue weighted by atomic mass is 32.2. The van der Waals surface area contributed by atoms with E-state index in [2.05, 4.69) is 0 Å². The summed E-state index contributed by atoms with van der Waals surface area (Å²) in [4.78, 5) is 0.112. The van der Waals surface area contributed by atoms with Crippen molar-refractivity contribution in [3.8, 4) is 23.3 Å². The summed E-state index contributed by atoms with van der Waals surface area (Å²) in [6.07, 6.45) is 0. The Kier molecular flexibility index (Phi) is 6.81. The fourth-order valence-electron chi connectivity index (χ4n) is 3.35. The first kappa shape index (κ1) is 22.9. The fourth-order valence-corrected chi connectivity index (χ4v) is 4.81. The summed E-state index contributed by atoms with van der Waals surface area (Å²) in [5.41, 5.74) is 1.74. The van der Waals surface area contributed by atoms with Gasteiger partial charge in [0, 0.05) is 0 Å². The predicted molar refractivity (Wildman–Crippen MR) is 130 cm³/mol. The van der Waals surface area contributed by atoms with Crippen molar-refractivity contribution < 1.29 is 17.9 Å². The number of nitrogens with zero attached hydrogens (tertiary/aromatic N) is 2. The van der Waals surface area contributed by atoms with E-state index in [1.54, 1.807) is 55.6 Å². The molecule has 170 valence electrons. The summed E-state index contributed by atoms with van der Waals surface area (Å²) in [6, 6.07) is 31.4. The van der Waals surface area contributed by atoms with E-state index in [1.165, 1.54) is 28.6 Å². The van der Waals surface area contributed by atoms with Crippen molar-refractivity contribution in [3.63, 3.8) is 0 Å². The highest BCUT2D eigenvalue weighted by Crippen LogP contribution is 2.30. The molecule has 0 unspecified atom stereocenters. The molecule has 0 spiro atoms. The summed E-state index contributed by atoms with van der Waals surface area (Å²) in [5.74, 6) is 1.94. The Morgan fingerprint density at radius 1 is 0.765 bits per heavy atom. The van der Waals surface area contributed by atoms with Crippen molar-refractivity contribution >= 4 is 15.7 Å². The number of rotatable bonds is 8. The van der Waals surface area contributed by atoms with E-state index in [-0.39, 0.29) is 11.4 Å². The molecule has 0 radical (unpaired) electrons. The van der Waals surface area contributed by atoms with Gasteiger partial charge in [0.25, 0.3) is 10.0 Å². The molecule has 0 aliphatic heterocycles. The Morgan fingerprint density at radius 2 is 1.32 bits per heavy atom. The van der Waals surface area contributed by atoms with Crippen LogP contribution in [-0.4, -0.2) is 15.5 Å². The third kappa shape index (κ3) is 5.20. The van der Waals surface area contributed by atoms with Crippen LogP contribution in [0.4, 0.5) is 5.69 Å². The lowest BCUT2D eigenvalue weighted by Crippen LogP contribution is -2.30. The highest BCUT2D eigenvalue weighted by molar-refractivity contribution is 7.92. The average molecular weight is 471 g/mol. The Hall–Kier alpha value is -4.28. The molecule has 0 atom stereocenters. The van der Waals surface area contributed by atoms with Gasteiger partial charge in [0.2, 0.25) is 0 Å². The SMILES string of the molecule is COc1ccc(Oc2ccc(N(Cc3ccccc3)S(=O)(=O)c3ccc(C#N)cc3)cc2)cc1. The van der Waals surface area contributed by atoms with Crippen molar-refractivity contribution in [2.24, 2.45) is 0 Å². The molecule has 0 amide bonds. The maximum atomic E-state index is 13.6. The van der Waals surface area contributed by atoms with Crippen molar-refractivity contribution in [2.75, 3.05) is 11.4 Å². The maximum Gasteiger partial charge on any atom is 0.264 e. The lowest BCUT2D eigenvalue weighted by atomic mass is 10.2. The van der Waals surface area contributed by atoms with Crippen LogP contribution in [0.5, 0.6) is 17.2 Å². The van der Waals surface area contributed by atoms with E-state index in [1.807, 2.05) is 36.4 Å². The van der Waals surface area contributed by atoms with Gasteiger partial charge in [0.1, 0.15) is 17.2 Å². The van der Waals surface area contributed by atoms with Crippen LogP contribution >= 0.6 is 0 Å². The van der Waals surface area contributed by atoms with Crippen LogP contribution in [-0.2, 0) is 16.6 Å². The lowest BCUT2D eigenvalue weighted by molar-refractivity contribution is 0.413. The summed E-state index contributed by atoms with van der Waals surface area (Å²) >= 11 is 0.